The highest BCUT2D eigenvalue weighted by molar-refractivity contribution is 5.78. The van der Waals surface area contributed by atoms with Crippen molar-refractivity contribution < 1.29 is 19.0 Å². The second kappa shape index (κ2) is 10.2. The third kappa shape index (κ3) is 5.36. The number of piperazine rings is 1. The maximum atomic E-state index is 12.6. The maximum Gasteiger partial charge on any atom is 0.234 e. The van der Waals surface area contributed by atoms with Crippen LogP contribution in [0.4, 0.5) is 5.69 Å². The van der Waals surface area contributed by atoms with Crippen molar-refractivity contribution in [1.82, 2.24) is 10.2 Å². The molecule has 1 saturated heterocycles. The van der Waals surface area contributed by atoms with Gasteiger partial charge in [-0.25, -0.2) is 0 Å². The number of carbonyl (C=O) groups excluding carboxylic acids is 1. The average molecular weight is 414 g/mol. The Labute approximate surface area is 178 Å². The van der Waals surface area contributed by atoms with Gasteiger partial charge in [-0.3, -0.25) is 9.69 Å². The molecule has 7 nitrogen and oxygen atoms in total. The molecule has 1 fully saturated rings. The first-order valence-electron chi connectivity index (χ1n) is 10.2. The molecule has 1 N–H and O–H groups in total. The van der Waals surface area contributed by atoms with Gasteiger partial charge in [0.1, 0.15) is 17.2 Å². The molecule has 30 heavy (non-hydrogen) atoms. The van der Waals surface area contributed by atoms with Gasteiger partial charge in [-0.05, 0) is 49.4 Å². The van der Waals surface area contributed by atoms with Crippen LogP contribution in [0.15, 0.2) is 42.5 Å². The lowest BCUT2D eigenvalue weighted by Crippen LogP contribution is -2.49. The molecule has 1 amide bonds. The van der Waals surface area contributed by atoms with Crippen LogP contribution in [-0.4, -0.2) is 64.9 Å². The lowest BCUT2D eigenvalue weighted by Gasteiger charge is -2.36. The second-order valence-electron chi connectivity index (χ2n) is 7.36. The number of hydrogen-bond acceptors (Lipinski definition) is 6. The van der Waals surface area contributed by atoms with E-state index in [9.17, 15) is 4.79 Å². The Morgan fingerprint density at radius 2 is 1.57 bits per heavy atom. The minimum Gasteiger partial charge on any atom is -0.497 e. The van der Waals surface area contributed by atoms with Crippen molar-refractivity contribution in [3.8, 4) is 17.2 Å². The molecule has 2 aromatic carbocycles. The first-order chi connectivity index (χ1) is 14.5. The number of rotatable bonds is 8. The Bertz CT molecular complexity index is 833. The van der Waals surface area contributed by atoms with E-state index in [4.69, 9.17) is 14.2 Å². The van der Waals surface area contributed by atoms with Crippen LogP contribution >= 0.6 is 0 Å². The van der Waals surface area contributed by atoms with Gasteiger partial charge >= 0.3 is 0 Å². The maximum absolute atomic E-state index is 12.6. The van der Waals surface area contributed by atoms with Crippen LogP contribution in [0.25, 0.3) is 0 Å². The highest BCUT2D eigenvalue weighted by Crippen LogP contribution is 2.29. The number of hydrogen-bond donors (Lipinski definition) is 1. The average Bonchev–Trinajstić information content (AvgIpc) is 2.79. The predicted molar refractivity (Wildman–Crippen MR) is 118 cm³/mol. The summed E-state index contributed by atoms with van der Waals surface area (Å²) < 4.78 is 16.0. The van der Waals surface area contributed by atoms with Crippen LogP contribution in [0.5, 0.6) is 17.2 Å². The summed E-state index contributed by atoms with van der Waals surface area (Å²) in [6.07, 6.45) is 0. The molecule has 0 aromatic heterocycles. The van der Waals surface area contributed by atoms with Gasteiger partial charge in [-0.2, -0.15) is 0 Å². The summed E-state index contributed by atoms with van der Waals surface area (Å²) >= 11 is 0. The molecule has 0 radical (unpaired) electrons. The SMILES string of the molecule is COc1ccc(N2CCN(CC(=O)N[C@H](C)c3cc(OC)ccc3OC)CC2)cc1. The molecule has 0 saturated carbocycles. The fourth-order valence-electron chi connectivity index (χ4n) is 3.70. The van der Waals surface area contributed by atoms with Gasteiger partial charge in [0, 0.05) is 37.4 Å². The molecule has 1 aliphatic rings. The number of ether oxygens (including phenoxy) is 3. The second-order valence-corrected chi connectivity index (χ2v) is 7.36. The highest BCUT2D eigenvalue weighted by atomic mass is 16.5. The Morgan fingerprint density at radius 1 is 0.933 bits per heavy atom. The highest BCUT2D eigenvalue weighted by Gasteiger charge is 2.21. The van der Waals surface area contributed by atoms with E-state index in [0.717, 1.165) is 49.0 Å². The molecular weight excluding hydrogens is 382 g/mol. The Morgan fingerprint density at radius 3 is 2.17 bits per heavy atom. The van der Waals surface area contributed by atoms with Gasteiger partial charge in [0.2, 0.25) is 5.91 Å². The number of methoxy groups -OCH3 is 3. The zero-order valence-electron chi connectivity index (χ0n) is 18.2. The number of anilines is 1. The van der Waals surface area contributed by atoms with Crippen LogP contribution < -0.4 is 24.4 Å². The van der Waals surface area contributed by atoms with Crippen molar-refractivity contribution in [3.05, 3.63) is 48.0 Å². The molecule has 1 atom stereocenters. The Balaban J connectivity index is 1.51. The molecule has 0 bridgehead atoms. The zero-order chi connectivity index (χ0) is 21.5. The third-order valence-electron chi connectivity index (χ3n) is 5.46. The van der Waals surface area contributed by atoms with Crippen molar-refractivity contribution in [3.63, 3.8) is 0 Å². The van der Waals surface area contributed by atoms with Gasteiger partial charge in [0.25, 0.3) is 0 Å². The lowest BCUT2D eigenvalue weighted by atomic mass is 10.1. The number of carbonyl (C=O) groups is 1. The Hall–Kier alpha value is -2.93. The lowest BCUT2D eigenvalue weighted by molar-refractivity contribution is -0.123. The Kier molecular flexibility index (Phi) is 7.41. The molecule has 1 aliphatic heterocycles. The quantitative estimate of drug-likeness (QED) is 0.718. The number of amides is 1. The van der Waals surface area contributed by atoms with Crippen LogP contribution in [0, 0.1) is 0 Å². The van der Waals surface area contributed by atoms with Crippen molar-refractivity contribution in [2.45, 2.75) is 13.0 Å². The summed E-state index contributed by atoms with van der Waals surface area (Å²) in [7, 11) is 4.92. The summed E-state index contributed by atoms with van der Waals surface area (Å²) in [5, 5.41) is 3.08. The molecule has 7 heteroatoms. The fraction of sp³-hybridized carbons (Fsp3) is 0.435. The first kappa shape index (κ1) is 21.8. The minimum atomic E-state index is -0.178. The molecule has 0 spiro atoms. The number of nitrogens with one attached hydrogen (secondary N) is 1. The van der Waals surface area contributed by atoms with Gasteiger partial charge in [-0.1, -0.05) is 0 Å². The largest absolute Gasteiger partial charge is 0.497 e. The van der Waals surface area contributed by atoms with Crippen LogP contribution in [0.2, 0.25) is 0 Å². The summed E-state index contributed by atoms with van der Waals surface area (Å²) in [4.78, 5) is 17.1. The van der Waals surface area contributed by atoms with E-state index < -0.39 is 0 Å². The van der Waals surface area contributed by atoms with E-state index in [1.165, 1.54) is 5.69 Å². The van der Waals surface area contributed by atoms with Crippen molar-refractivity contribution in [2.75, 3.05) is 59.0 Å². The molecule has 0 aliphatic carbocycles. The monoisotopic (exact) mass is 413 g/mol. The van der Waals surface area contributed by atoms with Crippen molar-refractivity contribution in [1.29, 1.82) is 0 Å². The van der Waals surface area contributed by atoms with E-state index in [1.54, 1.807) is 21.3 Å². The molecule has 3 rings (SSSR count). The van der Waals surface area contributed by atoms with E-state index in [2.05, 4.69) is 27.2 Å². The van der Waals surface area contributed by atoms with E-state index in [-0.39, 0.29) is 11.9 Å². The first-order valence-corrected chi connectivity index (χ1v) is 10.2. The molecule has 0 unspecified atom stereocenters. The van der Waals surface area contributed by atoms with E-state index >= 15 is 0 Å². The molecule has 2 aromatic rings. The van der Waals surface area contributed by atoms with Crippen molar-refractivity contribution >= 4 is 11.6 Å². The standard InChI is InChI=1S/C23H31N3O4/c1-17(21-15-20(29-3)9-10-22(21)30-4)24-23(27)16-25-11-13-26(14-12-25)18-5-7-19(28-2)8-6-18/h5-10,15,17H,11-14,16H2,1-4H3,(H,24,27)/t17-/m1/s1. The van der Waals surface area contributed by atoms with Crippen LogP contribution in [0.3, 0.4) is 0 Å². The normalized spacial score (nSPS) is 15.4. The minimum absolute atomic E-state index is 0.00488. The van der Waals surface area contributed by atoms with E-state index in [1.807, 2.05) is 37.3 Å². The van der Waals surface area contributed by atoms with E-state index in [0.29, 0.717) is 6.54 Å². The van der Waals surface area contributed by atoms with Gasteiger partial charge in [0.15, 0.2) is 0 Å². The summed E-state index contributed by atoms with van der Waals surface area (Å²) in [5.74, 6) is 2.33. The predicted octanol–water partition coefficient (Wildman–Crippen LogP) is 2.71. The molecule has 162 valence electrons. The zero-order valence-corrected chi connectivity index (χ0v) is 18.2. The topological polar surface area (TPSA) is 63.3 Å². The molecule has 1 heterocycles. The van der Waals surface area contributed by atoms with Gasteiger partial charge < -0.3 is 24.4 Å². The summed E-state index contributed by atoms with van der Waals surface area (Å²) in [5.41, 5.74) is 2.08. The van der Waals surface area contributed by atoms with Gasteiger partial charge in [-0.15, -0.1) is 0 Å². The number of benzene rings is 2. The smallest absolute Gasteiger partial charge is 0.234 e. The summed E-state index contributed by atoms with van der Waals surface area (Å²) in [6.45, 7) is 5.80. The fourth-order valence-corrected chi connectivity index (χ4v) is 3.70. The third-order valence-corrected chi connectivity index (χ3v) is 5.46. The summed E-state index contributed by atoms with van der Waals surface area (Å²) in [6, 6.07) is 13.5. The van der Waals surface area contributed by atoms with Crippen LogP contribution in [-0.2, 0) is 4.79 Å². The van der Waals surface area contributed by atoms with Crippen molar-refractivity contribution in [2.24, 2.45) is 0 Å². The number of nitrogens with zero attached hydrogens (tertiary/aromatic N) is 2. The van der Waals surface area contributed by atoms with Gasteiger partial charge in [0.05, 0.1) is 33.9 Å². The van der Waals surface area contributed by atoms with Crippen LogP contribution in [0.1, 0.15) is 18.5 Å². The molecular formula is C23H31N3O4.